The van der Waals surface area contributed by atoms with E-state index in [9.17, 15) is 4.79 Å². The van der Waals surface area contributed by atoms with E-state index < -0.39 is 5.97 Å². The summed E-state index contributed by atoms with van der Waals surface area (Å²) in [5, 5.41) is 7.61. The van der Waals surface area contributed by atoms with E-state index >= 15 is 0 Å². The van der Waals surface area contributed by atoms with Crippen molar-refractivity contribution in [1.82, 2.24) is 15.6 Å². The summed E-state index contributed by atoms with van der Waals surface area (Å²) in [4.78, 5) is 22.1. The molecule has 0 unspecified atom stereocenters. The Morgan fingerprint density at radius 2 is 2.00 bits per heavy atom. The minimum absolute atomic E-state index is 0. The first kappa shape index (κ1) is 24.2. The highest BCUT2D eigenvalue weighted by molar-refractivity contribution is 14.0. The van der Waals surface area contributed by atoms with E-state index in [1.807, 2.05) is 26.8 Å². The summed E-state index contributed by atoms with van der Waals surface area (Å²) < 4.78 is 10.0. The summed E-state index contributed by atoms with van der Waals surface area (Å²) in [6.45, 7) is 7.87. The van der Waals surface area contributed by atoms with Crippen LogP contribution in [0, 0.1) is 13.8 Å². The molecule has 0 bridgehead atoms. The molecule has 0 aliphatic rings. The van der Waals surface area contributed by atoms with Gasteiger partial charge in [-0.15, -0.1) is 35.3 Å². The molecule has 0 fully saturated rings. The number of hydrogen-bond acceptors (Lipinski definition) is 6. The summed E-state index contributed by atoms with van der Waals surface area (Å²) in [6.07, 6.45) is 0. The monoisotopic (exact) mass is 518 g/mol. The van der Waals surface area contributed by atoms with Gasteiger partial charge in [-0.2, -0.15) is 0 Å². The summed E-state index contributed by atoms with van der Waals surface area (Å²) >= 11 is 1.68. The van der Waals surface area contributed by atoms with Crippen LogP contribution in [0.25, 0.3) is 0 Å². The molecular formula is C19H27IN4O3S. The fraction of sp³-hybridized carbons (Fsp3) is 0.421. The summed E-state index contributed by atoms with van der Waals surface area (Å²) in [5.74, 6) is 0.757. The van der Waals surface area contributed by atoms with Gasteiger partial charge in [-0.05, 0) is 38.5 Å². The maximum atomic E-state index is 11.9. The van der Waals surface area contributed by atoms with Crippen molar-refractivity contribution in [3.8, 4) is 5.75 Å². The van der Waals surface area contributed by atoms with Gasteiger partial charge in [-0.25, -0.2) is 14.8 Å². The van der Waals surface area contributed by atoms with Gasteiger partial charge in [0.15, 0.2) is 5.96 Å². The minimum Gasteiger partial charge on any atom is -0.496 e. The van der Waals surface area contributed by atoms with E-state index in [-0.39, 0.29) is 24.0 Å². The second-order valence-electron chi connectivity index (χ2n) is 5.82. The zero-order chi connectivity index (χ0) is 19.8. The standard InChI is InChI=1S/C19H26N4O3S.HI/c1-6-20-19(22-11-17-12(2)23-13(3)27-17)21-10-14-7-8-16(25-4)15(9-14)18(24)26-5;/h7-9H,6,10-11H2,1-5H3,(H2,20,21,22);1H. The van der Waals surface area contributed by atoms with Crippen LogP contribution in [0.3, 0.4) is 0 Å². The fourth-order valence-electron chi connectivity index (χ4n) is 2.54. The lowest BCUT2D eigenvalue weighted by Gasteiger charge is -2.12. The van der Waals surface area contributed by atoms with Gasteiger partial charge in [-0.1, -0.05) is 6.07 Å². The van der Waals surface area contributed by atoms with E-state index in [1.165, 1.54) is 19.1 Å². The van der Waals surface area contributed by atoms with Gasteiger partial charge >= 0.3 is 5.97 Å². The van der Waals surface area contributed by atoms with Crippen LogP contribution in [0.4, 0.5) is 0 Å². The van der Waals surface area contributed by atoms with Crippen LogP contribution in [-0.4, -0.2) is 37.7 Å². The minimum atomic E-state index is -0.432. The van der Waals surface area contributed by atoms with Crippen molar-refractivity contribution in [2.24, 2.45) is 4.99 Å². The number of hydrogen-bond donors (Lipinski definition) is 2. The molecule has 1 heterocycles. The van der Waals surface area contributed by atoms with E-state index in [1.54, 1.807) is 23.5 Å². The fourth-order valence-corrected chi connectivity index (χ4v) is 3.41. The largest absolute Gasteiger partial charge is 0.496 e. The molecule has 0 saturated carbocycles. The quantitative estimate of drug-likeness (QED) is 0.253. The zero-order valence-corrected chi connectivity index (χ0v) is 19.9. The number of methoxy groups -OCH3 is 2. The van der Waals surface area contributed by atoms with Gasteiger partial charge in [0.2, 0.25) is 0 Å². The molecule has 0 aliphatic carbocycles. The van der Waals surface area contributed by atoms with Crippen LogP contribution < -0.4 is 15.4 Å². The molecule has 0 amide bonds. The Labute approximate surface area is 187 Å². The Balaban J connectivity index is 0.00000392. The topological polar surface area (TPSA) is 84.8 Å². The molecule has 1 aromatic carbocycles. The number of nitrogens with zero attached hydrogens (tertiary/aromatic N) is 2. The maximum absolute atomic E-state index is 11.9. The van der Waals surface area contributed by atoms with Crippen molar-refractivity contribution in [2.45, 2.75) is 33.9 Å². The SMILES string of the molecule is CCNC(=NCc1ccc(OC)c(C(=O)OC)c1)NCc1sc(C)nc1C.I. The van der Waals surface area contributed by atoms with Crippen LogP contribution in [0.15, 0.2) is 23.2 Å². The highest BCUT2D eigenvalue weighted by Gasteiger charge is 2.13. The van der Waals surface area contributed by atoms with Crippen LogP contribution >= 0.6 is 35.3 Å². The normalized spacial score (nSPS) is 10.8. The predicted molar refractivity (Wildman–Crippen MR) is 123 cm³/mol. The van der Waals surface area contributed by atoms with Crippen molar-refractivity contribution >= 4 is 47.2 Å². The molecule has 2 rings (SSSR count). The first-order valence-corrected chi connectivity index (χ1v) is 9.50. The first-order chi connectivity index (χ1) is 13.0. The summed E-state index contributed by atoms with van der Waals surface area (Å²) in [7, 11) is 2.87. The predicted octanol–water partition coefficient (Wildman–Crippen LogP) is 3.43. The first-order valence-electron chi connectivity index (χ1n) is 8.68. The number of aryl methyl sites for hydroxylation is 2. The Hall–Kier alpha value is -1.88. The Bertz CT molecular complexity index is 824. The maximum Gasteiger partial charge on any atom is 0.341 e. The molecule has 0 aliphatic heterocycles. The average Bonchev–Trinajstić information content (AvgIpc) is 3.00. The van der Waals surface area contributed by atoms with Crippen molar-refractivity contribution in [3.63, 3.8) is 0 Å². The number of carbonyl (C=O) groups excluding carboxylic acids is 1. The number of benzene rings is 1. The molecule has 154 valence electrons. The number of halogens is 1. The number of carbonyl (C=O) groups is 1. The molecule has 1 aromatic heterocycles. The number of aromatic nitrogens is 1. The number of esters is 1. The van der Waals surface area contributed by atoms with Gasteiger partial charge in [0.1, 0.15) is 11.3 Å². The third-order valence-electron chi connectivity index (χ3n) is 3.85. The van der Waals surface area contributed by atoms with Gasteiger partial charge in [0, 0.05) is 11.4 Å². The third-order valence-corrected chi connectivity index (χ3v) is 4.92. The molecule has 0 saturated heterocycles. The summed E-state index contributed by atoms with van der Waals surface area (Å²) in [5.41, 5.74) is 2.32. The smallest absolute Gasteiger partial charge is 0.341 e. The van der Waals surface area contributed by atoms with Gasteiger partial charge in [-0.3, -0.25) is 0 Å². The number of nitrogens with one attached hydrogen (secondary N) is 2. The molecule has 2 aromatic rings. The van der Waals surface area contributed by atoms with E-state index in [0.717, 1.165) is 22.8 Å². The Kier molecular flexibility index (Phi) is 10.2. The second kappa shape index (κ2) is 11.8. The van der Waals surface area contributed by atoms with Crippen LogP contribution in [-0.2, 0) is 17.8 Å². The van der Waals surface area contributed by atoms with Crippen LogP contribution in [0.1, 0.15) is 38.4 Å². The molecule has 28 heavy (non-hydrogen) atoms. The Morgan fingerprint density at radius 3 is 2.57 bits per heavy atom. The number of rotatable bonds is 7. The molecule has 2 N–H and O–H groups in total. The lowest BCUT2D eigenvalue weighted by Crippen LogP contribution is -2.36. The number of thiazole rings is 1. The Morgan fingerprint density at radius 1 is 1.25 bits per heavy atom. The second-order valence-corrected chi connectivity index (χ2v) is 7.10. The molecule has 0 spiro atoms. The summed E-state index contributed by atoms with van der Waals surface area (Å²) in [6, 6.07) is 5.38. The van der Waals surface area contributed by atoms with E-state index in [2.05, 4.69) is 20.6 Å². The number of aliphatic imine (C=N–C) groups is 1. The van der Waals surface area contributed by atoms with Gasteiger partial charge in [0.25, 0.3) is 0 Å². The molecule has 7 nitrogen and oxygen atoms in total. The zero-order valence-electron chi connectivity index (χ0n) is 16.8. The van der Waals surface area contributed by atoms with E-state index in [0.29, 0.717) is 30.4 Å². The molecular weight excluding hydrogens is 491 g/mol. The lowest BCUT2D eigenvalue weighted by atomic mass is 10.1. The third kappa shape index (κ3) is 6.62. The molecule has 0 atom stereocenters. The number of ether oxygens (including phenoxy) is 2. The van der Waals surface area contributed by atoms with Crippen LogP contribution in [0.2, 0.25) is 0 Å². The van der Waals surface area contributed by atoms with Crippen LogP contribution in [0.5, 0.6) is 5.75 Å². The van der Waals surface area contributed by atoms with Crippen molar-refractivity contribution in [1.29, 1.82) is 0 Å². The van der Waals surface area contributed by atoms with Gasteiger partial charge in [0.05, 0.1) is 38.0 Å². The van der Waals surface area contributed by atoms with Crippen molar-refractivity contribution < 1.29 is 14.3 Å². The lowest BCUT2D eigenvalue weighted by molar-refractivity contribution is 0.0597. The molecule has 0 radical (unpaired) electrons. The highest BCUT2D eigenvalue weighted by atomic mass is 127. The average molecular weight is 518 g/mol. The van der Waals surface area contributed by atoms with E-state index in [4.69, 9.17) is 9.47 Å². The van der Waals surface area contributed by atoms with Gasteiger partial charge < -0.3 is 20.1 Å². The van der Waals surface area contributed by atoms with Crippen molar-refractivity contribution in [3.05, 3.63) is 44.9 Å². The molecule has 9 heteroatoms. The highest BCUT2D eigenvalue weighted by Crippen LogP contribution is 2.21. The van der Waals surface area contributed by atoms with Crippen molar-refractivity contribution in [2.75, 3.05) is 20.8 Å². The number of guanidine groups is 1.